The number of halogens is 1. The Morgan fingerprint density at radius 2 is 2.00 bits per heavy atom. The zero-order valence-electron chi connectivity index (χ0n) is 8.77. The van der Waals surface area contributed by atoms with Crippen molar-refractivity contribution in [3.63, 3.8) is 0 Å². The van der Waals surface area contributed by atoms with Gasteiger partial charge in [0.2, 0.25) is 0 Å². The highest BCUT2D eigenvalue weighted by molar-refractivity contribution is 5.65. The molecule has 0 atom stereocenters. The summed E-state index contributed by atoms with van der Waals surface area (Å²) in [6, 6.07) is 7.71. The molecule has 82 valence electrons. The van der Waals surface area contributed by atoms with E-state index in [0.29, 0.717) is 5.56 Å². The van der Waals surface area contributed by atoms with Crippen LogP contribution >= 0.6 is 0 Å². The molecule has 0 fully saturated rings. The molecule has 4 heteroatoms. The van der Waals surface area contributed by atoms with E-state index in [1.54, 1.807) is 31.4 Å². The third-order valence-electron chi connectivity index (χ3n) is 2.37. The van der Waals surface area contributed by atoms with Gasteiger partial charge in [0.15, 0.2) is 0 Å². The first kappa shape index (κ1) is 10.4. The fourth-order valence-corrected chi connectivity index (χ4v) is 1.56. The van der Waals surface area contributed by atoms with E-state index >= 15 is 0 Å². The summed E-state index contributed by atoms with van der Waals surface area (Å²) < 4.78 is 14.4. The van der Waals surface area contributed by atoms with Crippen LogP contribution in [-0.2, 0) is 7.05 Å². The second kappa shape index (κ2) is 3.81. The molecule has 0 aliphatic carbocycles. The van der Waals surface area contributed by atoms with Crippen LogP contribution in [0.5, 0.6) is 0 Å². The van der Waals surface area contributed by atoms with Crippen LogP contribution in [0.2, 0.25) is 0 Å². The third kappa shape index (κ3) is 1.82. The first-order valence-electron chi connectivity index (χ1n) is 4.80. The quantitative estimate of drug-likeness (QED) is 0.793. The zero-order valence-corrected chi connectivity index (χ0v) is 8.77. The molecule has 0 saturated carbocycles. The molecule has 2 aromatic rings. The second-order valence-electron chi connectivity index (χ2n) is 3.61. The van der Waals surface area contributed by atoms with Gasteiger partial charge >= 0.3 is 0 Å². The number of hydrogen-bond acceptors (Lipinski definition) is 2. The summed E-state index contributed by atoms with van der Waals surface area (Å²) in [6.07, 6.45) is 1.63. The number of rotatable bonds is 1. The SMILES string of the molecule is Cn1cc(-c2cccc(F)c2)cc(N)c1=O. The molecule has 16 heavy (non-hydrogen) atoms. The highest BCUT2D eigenvalue weighted by Gasteiger charge is 2.04. The van der Waals surface area contributed by atoms with Crippen molar-refractivity contribution in [2.75, 3.05) is 5.73 Å². The minimum absolute atomic E-state index is 0.157. The van der Waals surface area contributed by atoms with Gasteiger partial charge in [-0.2, -0.15) is 0 Å². The fourth-order valence-electron chi connectivity index (χ4n) is 1.56. The molecule has 2 N–H and O–H groups in total. The number of benzene rings is 1. The van der Waals surface area contributed by atoms with Crippen LogP contribution in [0.1, 0.15) is 0 Å². The molecular formula is C12H11FN2O. The van der Waals surface area contributed by atoms with Gasteiger partial charge in [-0.3, -0.25) is 4.79 Å². The monoisotopic (exact) mass is 218 g/mol. The summed E-state index contributed by atoms with van der Waals surface area (Å²) in [5.41, 5.74) is 6.89. The molecule has 0 aliphatic rings. The van der Waals surface area contributed by atoms with Gasteiger partial charge in [-0.25, -0.2) is 4.39 Å². The number of nitrogen functional groups attached to an aromatic ring is 1. The van der Waals surface area contributed by atoms with Crippen LogP contribution in [0, 0.1) is 5.82 Å². The smallest absolute Gasteiger partial charge is 0.273 e. The number of nitrogens with zero attached hydrogens (tertiary/aromatic N) is 1. The predicted octanol–water partition coefficient (Wildman–Crippen LogP) is 1.77. The van der Waals surface area contributed by atoms with Crippen LogP contribution in [0.3, 0.4) is 0 Å². The molecule has 3 nitrogen and oxygen atoms in total. The summed E-state index contributed by atoms with van der Waals surface area (Å²) in [5.74, 6) is -0.315. The Kier molecular flexibility index (Phi) is 2.48. The van der Waals surface area contributed by atoms with Crippen molar-refractivity contribution in [3.8, 4) is 11.1 Å². The number of aryl methyl sites for hydroxylation is 1. The van der Waals surface area contributed by atoms with Gasteiger partial charge in [-0.05, 0) is 23.8 Å². The van der Waals surface area contributed by atoms with Crippen molar-refractivity contribution >= 4 is 5.69 Å². The van der Waals surface area contributed by atoms with E-state index in [2.05, 4.69) is 0 Å². The second-order valence-corrected chi connectivity index (χ2v) is 3.61. The van der Waals surface area contributed by atoms with E-state index in [9.17, 15) is 9.18 Å². The number of hydrogen-bond donors (Lipinski definition) is 1. The summed E-state index contributed by atoms with van der Waals surface area (Å²) in [5, 5.41) is 0. The average molecular weight is 218 g/mol. The fraction of sp³-hybridized carbons (Fsp3) is 0.0833. The Bertz CT molecular complexity index is 564. The van der Waals surface area contributed by atoms with E-state index in [-0.39, 0.29) is 17.1 Å². The van der Waals surface area contributed by atoms with E-state index in [0.717, 1.165) is 5.56 Å². The lowest BCUT2D eigenvalue weighted by atomic mass is 10.1. The predicted molar refractivity (Wildman–Crippen MR) is 61.5 cm³/mol. The van der Waals surface area contributed by atoms with Crippen LogP contribution in [-0.4, -0.2) is 4.57 Å². The minimum atomic E-state index is -0.315. The summed E-state index contributed by atoms with van der Waals surface area (Å²) >= 11 is 0. The normalized spacial score (nSPS) is 10.4. The summed E-state index contributed by atoms with van der Waals surface area (Å²) in [6.45, 7) is 0. The Hall–Kier alpha value is -2.10. The van der Waals surface area contributed by atoms with Crippen molar-refractivity contribution in [2.24, 2.45) is 7.05 Å². The van der Waals surface area contributed by atoms with E-state index in [1.807, 2.05) is 0 Å². The van der Waals surface area contributed by atoms with Crippen molar-refractivity contribution in [1.29, 1.82) is 0 Å². The van der Waals surface area contributed by atoms with Crippen molar-refractivity contribution in [1.82, 2.24) is 4.57 Å². The highest BCUT2D eigenvalue weighted by Crippen LogP contribution is 2.20. The van der Waals surface area contributed by atoms with Gasteiger partial charge in [0.05, 0.1) is 5.69 Å². The van der Waals surface area contributed by atoms with E-state index in [4.69, 9.17) is 5.73 Å². The molecule has 0 saturated heterocycles. The highest BCUT2D eigenvalue weighted by atomic mass is 19.1. The summed E-state index contributed by atoms with van der Waals surface area (Å²) in [7, 11) is 1.61. The van der Waals surface area contributed by atoms with Crippen molar-refractivity contribution in [3.05, 3.63) is 52.7 Å². The van der Waals surface area contributed by atoms with Crippen molar-refractivity contribution < 1.29 is 4.39 Å². The van der Waals surface area contributed by atoms with Gasteiger partial charge in [0.1, 0.15) is 5.82 Å². The largest absolute Gasteiger partial charge is 0.394 e. The Labute approximate surface area is 92.0 Å². The number of anilines is 1. The lowest BCUT2D eigenvalue weighted by Gasteiger charge is -2.06. The first-order chi connectivity index (χ1) is 7.58. The maximum Gasteiger partial charge on any atom is 0.273 e. The van der Waals surface area contributed by atoms with E-state index in [1.165, 1.54) is 16.7 Å². The lowest BCUT2D eigenvalue weighted by Crippen LogP contribution is -2.19. The van der Waals surface area contributed by atoms with Gasteiger partial charge in [-0.1, -0.05) is 12.1 Å². The van der Waals surface area contributed by atoms with Crippen LogP contribution < -0.4 is 11.3 Å². The standard InChI is InChI=1S/C12H11FN2O/c1-15-7-9(6-11(14)12(15)16)8-3-2-4-10(13)5-8/h2-7H,14H2,1H3. The molecule has 2 rings (SSSR count). The molecule has 0 spiro atoms. The average Bonchev–Trinajstić information content (AvgIpc) is 2.25. The van der Waals surface area contributed by atoms with Gasteiger partial charge in [0, 0.05) is 18.8 Å². The van der Waals surface area contributed by atoms with Crippen LogP contribution in [0.4, 0.5) is 10.1 Å². The van der Waals surface area contributed by atoms with Crippen molar-refractivity contribution in [2.45, 2.75) is 0 Å². The Morgan fingerprint density at radius 1 is 1.25 bits per heavy atom. The number of pyridine rings is 1. The van der Waals surface area contributed by atoms with Gasteiger partial charge < -0.3 is 10.3 Å². The lowest BCUT2D eigenvalue weighted by molar-refractivity contribution is 0.628. The maximum atomic E-state index is 13.0. The molecule has 0 radical (unpaired) electrons. The molecule has 1 heterocycles. The van der Waals surface area contributed by atoms with Gasteiger partial charge in [0.25, 0.3) is 5.56 Å². The maximum absolute atomic E-state index is 13.0. The van der Waals surface area contributed by atoms with Crippen LogP contribution in [0.25, 0.3) is 11.1 Å². The van der Waals surface area contributed by atoms with Gasteiger partial charge in [-0.15, -0.1) is 0 Å². The first-order valence-corrected chi connectivity index (χ1v) is 4.80. The molecule has 1 aromatic heterocycles. The van der Waals surface area contributed by atoms with Crippen LogP contribution in [0.15, 0.2) is 41.3 Å². The minimum Gasteiger partial charge on any atom is -0.394 e. The Morgan fingerprint density at radius 3 is 2.62 bits per heavy atom. The third-order valence-corrected chi connectivity index (χ3v) is 2.37. The molecule has 0 aliphatic heterocycles. The molecule has 1 aromatic carbocycles. The van der Waals surface area contributed by atoms with E-state index < -0.39 is 0 Å². The topological polar surface area (TPSA) is 48.0 Å². The summed E-state index contributed by atoms with van der Waals surface area (Å²) in [4.78, 5) is 11.4. The Balaban J connectivity index is 2.61. The molecule has 0 unspecified atom stereocenters. The number of nitrogens with two attached hydrogens (primary N) is 1. The molecule has 0 amide bonds. The molecular weight excluding hydrogens is 207 g/mol. The zero-order chi connectivity index (χ0) is 11.7. The molecule has 0 bridgehead atoms. The number of aromatic nitrogens is 1.